The van der Waals surface area contributed by atoms with Gasteiger partial charge in [0.05, 0.1) is 15.9 Å². The van der Waals surface area contributed by atoms with E-state index in [0.29, 0.717) is 0 Å². The van der Waals surface area contributed by atoms with Gasteiger partial charge < -0.3 is 0 Å². The lowest BCUT2D eigenvalue weighted by atomic mass is 10.00. The van der Waals surface area contributed by atoms with Gasteiger partial charge in [-0.25, -0.2) is 9.97 Å². The summed E-state index contributed by atoms with van der Waals surface area (Å²) in [6.45, 7) is 4.22. The molecule has 3 nitrogen and oxygen atoms in total. The smallest absolute Gasteiger partial charge is 0.124 e. The van der Waals surface area contributed by atoms with Crippen molar-refractivity contribution < 1.29 is 0 Å². The van der Waals surface area contributed by atoms with Crippen LogP contribution in [0.4, 0.5) is 0 Å². The van der Waals surface area contributed by atoms with Crippen LogP contribution in [0.2, 0.25) is 0 Å². The number of aryl methyl sites for hydroxylation is 1. The van der Waals surface area contributed by atoms with E-state index in [9.17, 15) is 0 Å². The van der Waals surface area contributed by atoms with Gasteiger partial charge in [-0.3, -0.25) is 4.98 Å². The van der Waals surface area contributed by atoms with Crippen LogP contribution in [-0.4, -0.2) is 15.0 Å². The summed E-state index contributed by atoms with van der Waals surface area (Å²) in [4.78, 5) is 15.7. The molecule has 3 aromatic carbocycles. The Hall–Kier alpha value is -3.93. The van der Waals surface area contributed by atoms with Gasteiger partial charge >= 0.3 is 0 Å². The summed E-state index contributed by atoms with van der Waals surface area (Å²) < 4.78 is 1.20. The molecule has 0 N–H and O–H groups in total. The van der Waals surface area contributed by atoms with Crippen LogP contribution >= 0.6 is 22.7 Å². The second-order valence-corrected chi connectivity index (χ2v) is 10.9. The van der Waals surface area contributed by atoms with Crippen LogP contribution in [0.5, 0.6) is 0 Å². The SMILES string of the molecule is CC=Cc1nc(-c2cccc(-c3cncc(-c4cccc(-c5nc6ccccc6s5)c4)c3)c2)sc1CC. The van der Waals surface area contributed by atoms with Crippen molar-refractivity contribution in [1.82, 2.24) is 15.0 Å². The summed E-state index contributed by atoms with van der Waals surface area (Å²) >= 11 is 3.50. The van der Waals surface area contributed by atoms with E-state index in [2.05, 4.69) is 96.9 Å². The van der Waals surface area contributed by atoms with Crippen molar-refractivity contribution in [3.05, 3.63) is 108 Å². The van der Waals surface area contributed by atoms with Crippen LogP contribution in [0.25, 0.3) is 59.7 Å². The third-order valence-electron chi connectivity index (χ3n) is 6.29. The number of hydrogen-bond donors (Lipinski definition) is 0. The fourth-order valence-electron chi connectivity index (χ4n) is 4.44. The number of pyridine rings is 1. The molecular formula is C32H25N3S2. The molecule has 180 valence electrons. The lowest BCUT2D eigenvalue weighted by molar-refractivity contribution is 1.16. The minimum Gasteiger partial charge on any atom is -0.263 e. The average molecular weight is 516 g/mol. The molecule has 0 unspecified atom stereocenters. The fraction of sp³-hybridized carbons (Fsp3) is 0.0938. The van der Waals surface area contributed by atoms with Gasteiger partial charge in [0.25, 0.3) is 0 Å². The van der Waals surface area contributed by atoms with Crippen molar-refractivity contribution in [1.29, 1.82) is 0 Å². The Morgan fingerprint density at radius 3 is 1.95 bits per heavy atom. The zero-order valence-electron chi connectivity index (χ0n) is 20.7. The molecule has 0 bridgehead atoms. The van der Waals surface area contributed by atoms with E-state index in [1.165, 1.54) is 9.58 Å². The van der Waals surface area contributed by atoms with Gasteiger partial charge in [0, 0.05) is 39.5 Å². The maximum atomic E-state index is 4.91. The Kier molecular flexibility index (Phi) is 6.47. The normalized spacial score (nSPS) is 11.5. The molecule has 0 aliphatic carbocycles. The lowest BCUT2D eigenvalue weighted by Gasteiger charge is -2.08. The standard InChI is InChI=1S/C32H25N3S2/c1-3-9-27-29(4-2)36-31(34-27)23-12-7-10-21(16-23)25-18-26(20-33-19-25)22-11-8-13-24(17-22)32-35-28-14-5-6-15-30(28)37-32/h3,5-20H,4H2,1-2H3. The van der Waals surface area contributed by atoms with Gasteiger partial charge in [-0.05, 0) is 60.9 Å². The quantitative estimate of drug-likeness (QED) is 0.222. The first-order chi connectivity index (χ1) is 18.2. The number of rotatable bonds is 6. The second kappa shape index (κ2) is 10.2. The maximum Gasteiger partial charge on any atom is 0.124 e. The van der Waals surface area contributed by atoms with Crippen LogP contribution in [0.3, 0.4) is 0 Å². The lowest BCUT2D eigenvalue weighted by Crippen LogP contribution is -1.86. The molecule has 0 atom stereocenters. The van der Waals surface area contributed by atoms with Crippen LogP contribution in [-0.2, 0) is 6.42 Å². The molecule has 0 spiro atoms. The van der Waals surface area contributed by atoms with Crippen LogP contribution < -0.4 is 0 Å². The number of thiazole rings is 2. The highest BCUT2D eigenvalue weighted by atomic mass is 32.1. The number of hydrogen-bond acceptors (Lipinski definition) is 5. The van der Waals surface area contributed by atoms with Gasteiger partial charge in [-0.2, -0.15) is 0 Å². The van der Waals surface area contributed by atoms with Gasteiger partial charge in [-0.1, -0.05) is 61.5 Å². The van der Waals surface area contributed by atoms with E-state index in [0.717, 1.165) is 61.0 Å². The van der Waals surface area contributed by atoms with Gasteiger partial charge in [0.15, 0.2) is 0 Å². The summed E-state index contributed by atoms with van der Waals surface area (Å²) in [5, 5.41) is 2.09. The molecule has 0 saturated carbocycles. The monoisotopic (exact) mass is 515 g/mol. The average Bonchev–Trinajstić information content (AvgIpc) is 3.58. The van der Waals surface area contributed by atoms with Crippen molar-refractivity contribution in [3.63, 3.8) is 0 Å². The van der Waals surface area contributed by atoms with Crippen LogP contribution in [0.15, 0.2) is 97.3 Å². The second-order valence-electron chi connectivity index (χ2n) is 8.79. The molecule has 3 heterocycles. The number of fused-ring (bicyclic) bond motifs is 1. The summed E-state index contributed by atoms with van der Waals surface area (Å²) in [6, 6.07) is 27.7. The molecule has 3 aromatic heterocycles. The van der Waals surface area contributed by atoms with Gasteiger partial charge in [0.1, 0.15) is 10.0 Å². The van der Waals surface area contributed by atoms with E-state index in [1.54, 1.807) is 22.7 Å². The van der Waals surface area contributed by atoms with Gasteiger partial charge in [-0.15, -0.1) is 22.7 Å². The molecule has 0 amide bonds. The minimum atomic E-state index is 0.985. The highest BCUT2D eigenvalue weighted by Crippen LogP contribution is 2.35. The molecule has 0 aliphatic rings. The van der Waals surface area contributed by atoms with Crippen molar-refractivity contribution in [2.45, 2.75) is 20.3 Å². The van der Waals surface area contributed by atoms with Crippen LogP contribution in [0, 0.1) is 0 Å². The molecule has 37 heavy (non-hydrogen) atoms. The Balaban J connectivity index is 1.34. The summed E-state index contributed by atoms with van der Waals surface area (Å²) in [6.07, 6.45) is 9.00. The predicted octanol–water partition coefficient (Wildman–Crippen LogP) is 9.41. The Morgan fingerprint density at radius 1 is 0.676 bits per heavy atom. The first kappa shape index (κ1) is 23.5. The third kappa shape index (κ3) is 4.76. The zero-order valence-corrected chi connectivity index (χ0v) is 22.3. The number of allylic oxidation sites excluding steroid dienone is 1. The van der Waals surface area contributed by atoms with Gasteiger partial charge in [0.2, 0.25) is 0 Å². The van der Waals surface area contributed by atoms with E-state index in [1.807, 2.05) is 25.4 Å². The van der Waals surface area contributed by atoms with E-state index < -0.39 is 0 Å². The minimum absolute atomic E-state index is 0.985. The maximum absolute atomic E-state index is 4.91. The van der Waals surface area contributed by atoms with E-state index in [-0.39, 0.29) is 0 Å². The predicted molar refractivity (Wildman–Crippen MR) is 159 cm³/mol. The largest absolute Gasteiger partial charge is 0.263 e. The van der Waals surface area contributed by atoms with Crippen molar-refractivity contribution >= 4 is 39.0 Å². The van der Waals surface area contributed by atoms with Crippen LogP contribution in [0.1, 0.15) is 24.4 Å². The summed E-state index contributed by atoms with van der Waals surface area (Å²) in [7, 11) is 0. The molecule has 0 saturated heterocycles. The number of benzene rings is 3. The molecular weight excluding hydrogens is 491 g/mol. The summed E-state index contributed by atoms with van der Waals surface area (Å²) in [5.41, 5.74) is 8.82. The molecule has 6 rings (SSSR count). The topological polar surface area (TPSA) is 38.7 Å². The summed E-state index contributed by atoms with van der Waals surface area (Å²) in [5.74, 6) is 0. The Bertz CT molecular complexity index is 1710. The van der Waals surface area contributed by atoms with E-state index >= 15 is 0 Å². The molecule has 5 heteroatoms. The Labute approximate surface area is 224 Å². The Morgan fingerprint density at radius 2 is 1.30 bits per heavy atom. The van der Waals surface area contributed by atoms with Crippen molar-refractivity contribution in [2.24, 2.45) is 0 Å². The third-order valence-corrected chi connectivity index (χ3v) is 8.64. The number of aromatic nitrogens is 3. The molecule has 0 radical (unpaired) electrons. The first-order valence-corrected chi connectivity index (χ1v) is 14.0. The number of para-hydroxylation sites is 1. The zero-order chi connectivity index (χ0) is 25.2. The van der Waals surface area contributed by atoms with Crippen molar-refractivity contribution in [3.8, 4) is 43.4 Å². The highest BCUT2D eigenvalue weighted by Gasteiger charge is 2.12. The molecule has 0 fully saturated rings. The number of nitrogens with zero attached hydrogens (tertiary/aromatic N) is 3. The van der Waals surface area contributed by atoms with E-state index in [4.69, 9.17) is 9.97 Å². The fourth-order valence-corrected chi connectivity index (χ4v) is 6.39. The molecule has 6 aromatic rings. The highest BCUT2D eigenvalue weighted by molar-refractivity contribution is 7.21. The first-order valence-electron chi connectivity index (χ1n) is 12.4. The van der Waals surface area contributed by atoms with Crippen molar-refractivity contribution in [2.75, 3.05) is 0 Å². The molecule has 0 aliphatic heterocycles.